The molecule has 0 aliphatic heterocycles. The quantitative estimate of drug-likeness (QED) is 0.507. The number of nitrogens with zero attached hydrogens (tertiary/aromatic N) is 2. The first kappa shape index (κ1) is 21.0. The Morgan fingerprint density at radius 1 is 1.19 bits per heavy atom. The molecule has 6 nitrogen and oxygen atoms in total. The third-order valence-electron chi connectivity index (χ3n) is 3.91. The molecule has 2 aromatic rings. The van der Waals surface area contributed by atoms with Gasteiger partial charge >= 0.3 is 0 Å². The lowest BCUT2D eigenvalue weighted by Gasteiger charge is -2.19. The average molecular weight is 391 g/mol. The molecule has 1 atom stereocenters. The van der Waals surface area contributed by atoms with Gasteiger partial charge in [0.25, 0.3) is 0 Å². The summed E-state index contributed by atoms with van der Waals surface area (Å²) in [7, 11) is 3.41. The van der Waals surface area contributed by atoms with E-state index < -0.39 is 0 Å². The fourth-order valence-electron chi connectivity index (χ4n) is 2.45. The summed E-state index contributed by atoms with van der Waals surface area (Å²) in [5.41, 5.74) is 1.12. The molecule has 0 radical (unpaired) electrons. The molecule has 0 aliphatic rings. The normalized spacial score (nSPS) is 12.7. The summed E-state index contributed by atoms with van der Waals surface area (Å²) in [6, 6.07) is 7.65. The van der Waals surface area contributed by atoms with Crippen molar-refractivity contribution in [3.05, 3.63) is 40.3 Å². The van der Waals surface area contributed by atoms with Gasteiger partial charge in [0.15, 0.2) is 17.5 Å². The average Bonchev–Trinajstić information content (AvgIpc) is 3.14. The topological polar surface area (TPSA) is 67.8 Å². The Labute approximate surface area is 166 Å². The van der Waals surface area contributed by atoms with Gasteiger partial charge in [0.05, 0.1) is 24.4 Å². The highest BCUT2D eigenvalue weighted by molar-refractivity contribution is 7.09. The molecule has 7 heteroatoms. The number of thiazole rings is 1. The van der Waals surface area contributed by atoms with E-state index in [0.717, 1.165) is 36.1 Å². The molecule has 0 saturated heterocycles. The van der Waals surface area contributed by atoms with Crippen LogP contribution in [0.15, 0.2) is 34.6 Å². The number of nitrogens with one attached hydrogen (secondary N) is 2. The predicted octanol–water partition coefficient (Wildman–Crippen LogP) is 3.45. The standard InChI is InChI=1S/C20H30N4O2S/c1-14(2)19-24-16(13-27-19)10-11-22-20(21-4)23-12-15(3)26-18-9-7-6-8-17(18)25-5/h6-9,13-15H,10-12H2,1-5H3,(H2,21,22,23). The zero-order chi connectivity index (χ0) is 19.6. The van der Waals surface area contributed by atoms with Crippen LogP contribution < -0.4 is 20.1 Å². The van der Waals surface area contributed by atoms with Gasteiger partial charge in [-0.25, -0.2) is 4.98 Å². The predicted molar refractivity (Wildman–Crippen MR) is 112 cm³/mol. The summed E-state index contributed by atoms with van der Waals surface area (Å²) in [4.78, 5) is 8.92. The van der Waals surface area contributed by atoms with Gasteiger partial charge in [-0.05, 0) is 19.1 Å². The number of guanidine groups is 1. The maximum Gasteiger partial charge on any atom is 0.191 e. The molecule has 0 spiro atoms. The Kier molecular flexibility index (Phi) is 8.39. The summed E-state index contributed by atoms with van der Waals surface area (Å²) in [6.07, 6.45) is 0.837. The van der Waals surface area contributed by atoms with Crippen molar-refractivity contribution in [1.29, 1.82) is 0 Å². The maximum atomic E-state index is 5.95. The van der Waals surface area contributed by atoms with E-state index >= 15 is 0 Å². The number of benzene rings is 1. The van der Waals surface area contributed by atoms with Gasteiger partial charge in [-0.2, -0.15) is 0 Å². The number of para-hydroxylation sites is 2. The SMILES string of the molecule is CN=C(NCCc1csc(C(C)C)n1)NCC(C)Oc1ccccc1OC. The molecule has 1 aromatic carbocycles. The van der Waals surface area contributed by atoms with E-state index in [0.29, 0.717) is 12.5 Å². The van der Waals surface area contributed by atoms with E-state index in [-0.39, 0.29) is 6.10 Å². The summed E-state index contributed by atoms with van der Waals surface area (Å²) in [5.74, 6) is 2.71. The monoisotopic (exact) mass is 390 g/mol. The minimum absolute atomic E-state index is 0.0352. The first-order chi connectivity index (χ1) is 13.0. The van der Waals surface area contributed by atoms with Crippen LogP contribution in [0.4, 0.5) is 0 Å². The summed E-state index contributed by atoms with van der Waals surface area (Å²) in [5, 5.41) is 9.94. The Balaban J connectivity index is 1.74. The molecule has 1 unspecified atom stereocenters. The van der Waals surface area contributed by atoms with Crippen LogP contribution in [0.3, 0.4) is 0 Å². The zero-order valence-electron chi connectivity index (χ0n) is 16.8. The van der Waals surface area contributed by atoms with Crippen molar-refractivity contribution in [3.63, 3.8) is 0 Å². The number of hydrogen-bond donors (Lipinski definition) is 2. The minimum atomic E-state index is -0.0352. The van der Waals surface area contributed by atoms with Gasteiger partial charge in [0.2, 0.25) is 0 Å². The van der Waals surface area contributed by atoms with Gasteiger partial charge < -0.3 is 20.1 Å². The molecule has 1 heterocycles. The van der Waals surface area contributed by atoms with Crippen LogP contribution in [-0.2, 0) is 6.42 Å². The number of ether oxygens (including phenoxy) is 2. The molecular weight excluding hydrogens is 360 g/mol. The maximum absolute atomic E-state index is 5.95. The van der Waals surface area contributed by atoms with E-state index in [4.69, 9.17) is 9.47 Å². The highest BCUT2D eigenvalue weighted by Crippen LogP contribution is 2.26. The molecule has 0 amide bonds. The second-order valence-electron chi connectivity index (χ2n) is 6.54. The number of aliphatic imine (C=N–C) groups is 1. The van der Waals surface area contributed by atoms with Crippen molar-refractivity contribution in [2.75, 3.05) is 27.2 Å². The second-order valence-corrected chi connectivity index (χ2v) is 7.43. The molecule has 0 bridgehead atoms. The zero-order valence-corrected chi connectivity index (χ0v) is 17.6. The Morgan fingerprint density at radius 3 is 2.56 bits per heavy atom. The van der Waals surface area contributed by atoms with E-state index in [1.54, 1.807) is 25.5 Å². The van der Waals surface area contributed by atoms with E-state index in [1.807, 2.05) is 31.2 Å². The number of methoxy groups -OCH3 is 1. The van der Waals surface area contributed by atoms with Crippen molar-refractivity contribution in [2.45, 2.75) is 39.2 Å². The first-order valence-corrected chi connectivity index (χ1v) is 10.1. The van der Waals surface area contributed by atoms with Crippen LogP contribution >= 0.6 is 11.3 Å². The number of aromatic nitrogens is 1. The lowest BCUT2D eigenvalue weighted by Crippen LogP contribution is -2.42. The smallest absolute Gasteiger partial charge is 0.191 e. The van der Waals surface area contributed by atoms with Gasteiger partial charge in [0, 0.05) is 31.3 Å². The summed E-state index contributed by atoms with van der Waals surface area (Å²) in [6.45, 7) is 7.76. The van der Waals surface area contributed by atoms with Crippen molar-refractivity contribution >= 4 is 17.3 Å². The van der Waals surface area contributed by atoms with Gasteiger partial charge in [0.1, 0.15) is 6.10 Å². The highest BCUT2D eigenvalue weighted by atomic mass is 32.1. The van der Waals surface area contributed by atoms with Crippen LogP contribution in [-0.4, -0.2) is 44.3 Å². The Bertz CT molecular complexity index is 730. The third kappa shape index (κ3) is 6.75. The van der Waals surface area contributed by atoms with Crippen LogP contribution in [0.5, 0.6) is 11.5 Å². The lowest BCUT2D eigenvalue weighted by molar-refractivity contribution is 0.213. The van der Waals surface area contributed by atoms with Crippen molar-refractivity contribution in [1.82, 2.24) is 15.6 Å². The molecule has 0 aliphatic carbocycles. The third-order valence-corrected chi connectivity index (χ3v) is 5.11. The van der Waals surface area contributed by atoms with Gasteiger partial charge in [-0.3, -0.25) is 4.99 Å². The molecular formula is C20H30N4O2S. The number of rotatable bonds is 9. The molecule has 0 fully saturated rings. The Hall–Kier alpha value is -2.28. The largest absolute Gasteiger partial charge is 0.493 e. The fourth-order valence-corrected chi connectivity index (χ4v) is 3.32. The molecule has 27 heavy (non-hydrogen) atoms. The highest BCUT2D eigenvalue weighted by Gasteiger charge is 2.10. The van der Waals surface area contributed by atoms with Crippen LogP contribution in [0.1, 0.15) is 37.4 Å². The second kappa shape index (κ2) is 10.8. The van der Waals surface area contributed by atoms with Gasteiger partial charge in [-0.15, -0.1) is 11.3 Å². The Morgan fingerprint density at radius 2 is 1.93 bits per heavy atom. The van der Waals surface area contributed by atoms with Crippen LogP contribution in [0, 0.1) is 0 Å². The summed E-state index contributed by atoms with van der Waals surface area (Å²) < 4.78 is 11.3. The van der Waals surface area contributed by atoms with Crippen molar-refractivity contribution < 1.29 is 9.47 Å². The van der Waals surface area contributed by atoms with Crippen LogP contribution in [0.2, 0.25) is 0 Å². The van der Waals surface area contributed by atoms with E-state index in [2.05, 4.69) is 39.8 Å². The molecule has 0 saturated carbocycles. The minimum Gasteiger partial charge on any atom is -0.493 e. The van der Waals surface area contributed by atoms with Crippen molar-refractivity contribution in [2.24, 2.45) is 4.99 Å². The molecule has 148 valence electrons. The van der Waals surface area contributed by atoms with Gasteiger partial charge in [-0.1, -0.05) is 26.0 Å². The summed E-state index contributed by atoms with van der Waals surface area (Å²) >= 11 is 1.73. The number of hydrogen-bond acceptors (Lipinski definition) is 5. The first-order valence-electron chi connectivity index (χ1n) is 9.22. The fraction of sp³-hybridized carbons (Fsp3) is 0.500. The van der Waals surface area contributed by atoms with Crippen molar-refractivity contribution in [3.8, 4) is 11.5 Å². The lowest BCUT2D eigenvalue weighted by atomic mass is 10.2. The van der Waals surface area contributed by atoms with E-state index in [9.17, 15) is 0 Å². The van der Waals surface area contributed by atoms with Crippen LogP contribution in [0.25, 0.3) is 0 Å². The molecule has 2 N–H and O–H groups in total. The van der Waals surface area contributed by atoms with E-state index in [1.165, 1.54) is 5.01 Å². The molecule has 1 aromatic heterocycles. The molecule has 2 rings (SSSR count).